The second-order valence-electron chi connectivity index (χ2n) is 6.03. The minimum absolute atomic E-state index is 0.804. The van der Waals surface area contributed by atoms with Gasteiger partial charge in [-0.3, -0.25) is 0 Å². The van der Waals surface area contributed by atoms with Gasteiger partial charge in [-0.15, -0.1) is 0 Å². The highest BCUT2D eigenvalue weighted by atomic mass is 32.1. The molecule has 0 aromatic carbocycles. The number of ether oxygens (including phenoxy) is 1. The zero-order valence-electron chi connectivity index (χ0n) is 11.7. The molecular weight excluding hydrogens is 256 g/mol. The average Bonchev–Trinajstić information content (AvgIpc) is 3.00. The molecule has 1 fully saturated rings. The Morgan fingerprint density at radius 1 is 1.39 bits per heavy atom. The third-order valence-electron chi connectivity index (χ3n) is 3.85. The molecule has 1 aromatic heterocycles. The van der Waals surface area contributed by atoms with Gasteiger partial charge in [0, 0.05) is 12.8 Å². The number of hydrogen-bond acceptors (Lipinski definition) is 2. The Balaban J connectivity index is 1.77. The summed E-state index contributed by atoms with van der Waals surface area (Å²) in [6, 6.07) is 5.89. The predicted octanol–water partition coefficient (Wildman–Crippen LogP) is 3.58. The topological polar surface area (TPSA) is 9.23 Å². The lowest BCUT2D eigenvalue weighted by Crippen LogP contribution is -2.35. The molecule has 0 bridgehead atoms. The van der Waals surface area contributed by atoms with E-state index in [2.05, 4.69) is 31.4 Å². The van der Waals surface area contributed by atoms with Gasteiger partial charge in [0.05, 0.1) is 0 Å². The summed E-state index contributed by atoms with van der Waals surface area (Å²) in [7, 11) is -0.865. The molecule has 1 saturated carbocycles. The van der Waals surface area contributed by atoms with E-state index in [0.717, 1.165) is 24.7 Å². The molecule has 1 heterocycles. The smallest absolute Gasteiger partial charge is 0.113 e. The normalized spacial score (nSPS) is 18.6. The molecule has 1 aliphatic carbocycles. The van der Waals surface area contributed by atoms with Gasteiger partial charge in [0.15, 0.2) is 0 Å². The van der Waals surface area contributed by atoms with E-state index >= 15 is 0 Å². The van der Waals surface area contributed by atoms with Crippen molar-refractivity contribution in [3.63, 3.8) is 0 Å². The van der Waals surface area contributed by atoms with Crippen LogP contribution in [0.4, 0.5) is 0 Å². The maximum absolute atomic E-state index is 6.07. The van der Waals surface area contributed by atoms with Crippen LogP contribution in [0.3, 0.4) is 0 Å². The molecule has 0 amide bonds. The van der Waals surface area contributed by atoms with Crippen molar-refractivity contribution in [1.82, 2.24) is 0 Å². The molecule has 3 heteroatoms. The summed E-state index contributed by atoms with van der Waals surface area (Å²) in [6.07, 6.45) is 6.69. The number of hydrogen-bond donors (Lipinski definition) is 0. The van der Waals surface area contributed by atoms with E-state index in [1.165, 1.54) is 31.7 Å². The Labute approximate surface area is 117 Å². The summed E-state index contributed by atoms with van der Waals surface area (Å²) in [5.41, 5.74) is 0. The Morgan fingerprint density at radius 3 is 2.78 bits per heavy atom. The van der Waals surface area contributed by atoms with Gasteiger partial charge in [0.25, 0.3) is 0 Å². The highest BCUT2D eigenvalue weighted by molar-refractivity contribution is 7.22. The Kier molecular flexibility index (Phi) is 5.92. The SMILES string of the molecule is CC(C)C[SiH](COCC1CCCC1)c1cccs1. The van der Waals surface area contributed by atoms with Crippen molar-refractivity contribution in [2.75, 3.05) is 12.8 Å². The van der Waals surface area contributed by atoms with Crippen LogP contribution in [0.5, 0.6) is 0 Å². The fourth-order valence-electron chi connectivity index (χ4n) is 2.91. The van der Waals surface area contributed by atoms with Crippen LogP contribution in [0.15, 0.2) is 17.5 Å². The van der Waals surface area contributed by atoms with Gasteiger partial charge in [-0.05, 0) is 34.6 Å². The molecule has 1 aromatic rings. The van der Waals surface area contributed by atoms with Crippen LogP contribution in [-0.2, 0) is 4.74 Å². The summed E-state index contributed by atoms with van der Waals surface area (Å²) < 4.78 is 7.71. The Bertz CT molecular complexity index is 317. The maximum Gasteiger partial charge on any atom is 0.113 e. The lowest BCUT2D eigenvalue weighted by molar-refractivity contribution is 0.135. The standard InChI is InChI=1S/C15H26OSSi/c1-13(2)11-18(15-8-5-9-17-15)12-16-10-14-6-3-4-7-14/h5,8-9,13-14,18H,3-4,6-7,10-12H2,1-2H3. The maximum atomic E-state index is 6.07. The zero-order chi connectivity index (χ0) is 12.8. The van der Waals surface area contributed by atoms with Crippen molar-refractivity contribution in [1.29, 1.82) is 0 Å². The second kappa shape index (κ2) is 7.46. The van der Waals surface area contributed by atoms with Gasteiger partial charge in [-0.2, -0.15) is 11.3 Å². The molecular formula is C15H26OSSi. The minimum Gasteiger partial charge on any atom is -0.384 e. The van der Waals surface area contributed by atoms with E-state index in [0.29, 0.717) is 0 Å². The molecule has 18 heavy (non-hydrogen) atoms. The van der Waals surface area contributed by atoms with E-state index in [4.69, 9.17) is 4.74 Å². The lowest BCUT2D eigenvalue weighted by Gasteiger charge is -2.18. The summed E-state index contributed by atoms with van der Waals surface area (Å²) >= 11 is 1.94. The molecule has 0 radical (unpaired) electrons. The van der Waals surface area contributed by atoms with E-state index < -0.39 is 8.80 Å². The van der Waals surface area contributed by atoms with Crippen LogP contribution in [-0.4, -0.2) is 21.6 Å². The van der Waals surface area contributed by atoms with Crippen molar-refractivity contribution in [3.05, 3.63) is 17.5 Å². The summed E-state index contributed by atoms with van der Waals surface area (Å²) in [4.78, 5) is 0. The van der Waals surface area contributed by atoms with Gasteiger partial charge in [-0.1, -0.05) is 44.9 Å². The number of rotatable bonds is 7. The molecule has 1 unspecified atom stereocenters. The molecule has 1 atom stereocenters. The van der Waals surface area contributed by atoms with Gasteiger partial charge in [0.1, 0.15) is 8.80 Å². The van der Waals surface area contributed by atoms with Crippen molar-refractivity contribution in [2.24, 2.45) is 11.8 Å². The molecule has 1 nitrogen and oxygen atoms in total. The van der Waals surface area contributed by atoms with Gasteiger partial charge in [0.2, 0.25) is 0 Å². The third kappa shape index (κ3) is 4.52. The van der Waals surface area contributed by atoms with Crippen LogP contribution >= 0.6 is 11.3 Å². The van der Waals surface area contributed by atoms with Gasteiger partial charge < -0.3 is 4.74 Å². The van der Waals surface area contributed by atoms with Crippen molar-refractivity contribution in [3.8, 4) is 0 Å². The fourth-order valence-corrected chi connectivity index (χ4v) is 7.36. The number of thiophene rings is 1. The van der Waals surface area contributed by atoms with E-state index in [9.17, 15) is 0 Å². The van der Waals surface area contributed by atoms with Crippen molar-refractivity contribution < 1.29 is 4.74 Å². The highest BCUT2D eigenvalue weighted by Crippen LogP contribution is 2.24. The van der Waals surface area contributed by atoms with Crippen LogP contribution in [0.25, 0.3) is 0 Å². The zero-order valence-corrected chi connectivity index (χ0v) is 13.7. The highest BCUT2D eigenvalue weighted by Gasteiger charge is 2.19. The van der Waals surface area contributed by atoms with Crippen LogP contribution in [0.1, 0.15) is 39.5 Å². The molecule has 1 aliphatic rings. The predicted molar refractivity (Wildman–Crippen MR) is 83.5 cm³/mol. The summed E-state index contributed by atoms with van der Waals surface area (Å²) in [5, 5.41) is 2.21. The van der Waals surface area contributed by atoms with Crippen LogP contribution < -0.4 is 4.50 Å². The van der Waals surface area contributed by atoms with E-state index in [1.807, 2.05) is 11.3 Å². The molecule has 2 rings (SSSR count). The average molecular weight is 283 g/mol. The first-order chi connectivity index (χ1) is 8.75. The molecule has 0 aliphatic heterocycles. The second-order valence-corrected chi connectivity index (χ2v) is 10.2. The van der Waals surface area contributed by atoms with Crippen LogP contribution in [0.2, 0.25) is 6.04 Å². The molecule has 0 N–H and O–H groups in total. The van der Waals surface area contributed by atoms with Crippen molar-refractivity contribution in [2.45, 2.75) is 45.6 Å². The van der Waals surface area contributed by atoms with Crippen molar-refractivity contribution >= 4 is 24.6 Å². The van der Waals surface area contributed by atoms with Crippen LogP contribution in [0, 0.1) is 11.8 Å². The first-order valence-electron chi connectivity index (χ1n) is 7.37. The third-order valence-corrected chi connectivity index (χ3v) is 9.11. The molecule has 0 saturated heterocycles. The Hall–Kier alpha value is -0.123. The van der Waals surface area contributed by atoms with E-state index in [1.54, 1.807) is 4.50 Å². The summed E-state index contributed by atoms with van der Waals surface area (Å²) in [5.74, 6) is 1.67. The van der Waals surface area contributed by atoms with Gasteiger partial charge >= 0.3 is 0 Å². The fraction of sp³-hybridized carbons (Fsp3) is 0.733. The monoisotopic (exact) mass is 282 g/mol. The minimum atomic E-state index is -0.865. The molecule has 0 spiro atoms. The summed E-state index contributed by atoms with van der Waals surface area (Å²) in [6.45, 7) is 5.70. The molecule has 102 valence electrons. The lowest BCUT2D eigenvalue weighted by atomic mass is 10.1. The van der Waals surface area contributed by atoms with Gasteiger partial charge in [-0.25, -0.2) is 0 Å². The Morgan fingerprint density at radius 2 is 2.17 bits per heavy atom. The first-order valence-corrected chi connectivity index (χ1v) is 10.5. The largest absolute Gasteiger partial charge is 0.384 e. The quantitative estimate of drug-likeness (QED) is 0.695. The first kappa shape index (κ1) is 14.3. The van der Waals surface area contributed by atoms with E-state index in [-0.39, 0.29) is 0 Å².